The smallest absolute Gasteiger partial charge is 0.197 e. The molecule has 4 aromatic rings. The summed E-state index contributed by atoms with van der Waals surface area (Å²) in [7, 11) is 3.14. The van der Waals surface area contributed by atoms with Crippen molar-refractivity contribution >= 4 is 21.6 Å². The lowest BCUT2D eigenvalue weighted by Gasteiger charge is -2.14. The van der Waals surface area contributed by atoms with Gasteiger partial charge >= 0.3 is 0 Å². The second-order valence-electron chi connectivity index (χ2n) is 7.24. The Labute approximate surface area is 184 Å². The number of hydrogen-bond donors (Lipinski definition) is 0. The summed E-state index contributed by atoms with van der Waals surface area (Å²) in [6.07, 6.45) is 3.23. The Morgan fingerprint density at radius 1 is 0.667 bits per heavy atom. The maximum absolute atomic E-state index is 4.44. The maximum atomic E-state index is 4.44. The molecule has 0 fully saturated rings. The quantitative estimate of drug-likeness (QED) is 0.333. The van der Waals surface area contributed by atoms with E-state index in [0.717, 1.165) is 23.4 Å². The van der Waals surface area contributed by atoms with Crippen LogP contribution in [0.1, 0.15) is 36.8 Å². The molecule has 4 rings (SSSR count). The zero-order valence-electron chi connectivity index (χ0n) is 17.0. The van der Waals surface area contributed by atoms with E-state index >= 15 is 0 Å². The zero-order chi connectivity index (χ0) is 20.8. The molecule has 2 heterocycles. The largest absolute Gasteiger partial charge is 0.239 e. The highest BCUT2D eigenvalue weighted by Crippen LogP contribution is 2.35. The number of nitrogens with zero attached hydrogens (tertiary/aromatic N) is 6. The average Bonchev–Trinajstić information content (AvgIpc) is 3.42. The van der Waals surface area contributed by atoms with Gasteiger partial charge in [0, 0.05) is 11.8 Å². The Hall–Kier alpha value is -2.58. The molecule has 0 radical (unpaired) electrons. The highest BCUT2D eigenvalue weighted by molar-refractivity contribution is 8.76. The van der Waals surface area contributed by atoms with Gasteiger partial charge in [0.15, 0.2) is 10.3 Å². The summed E-state index contributed by atoms with van der Waals surface area (Å²) in [5.41, 5.74) is 2.59. The lowest BCUT2D eigenvalue weighted by molar-refractivity contribution is 0.502. The third-order valence-corrected chi connectivity index (χ3v) is 7.14. The lowest BCUT2D eigenvalue weighted by atomic mass is 10.0. The molecule has 0 aliphatic rings. The highest BCUT2D eigenvalue weighted by Gasteiger charge is 2.15. The van der Waals surface area contributed by atoms with Gasteiger partial charge in [0.2, 0.25) is 0 Å². The molecule has 0 N–H and O–H groups in total. The van der Waals surface area contributed by atoms with Gasteiger partial charge in [-0.1, -0.05) is 74.5 Å². The van der Waals surface area contributed by atoms with Crippen LogP contribution in [0.2, 0.25) is 0 Å². The van der Waals surface area contributed by atoms with Gasteiger partial charge in [0.25, 0.3) is 0 Å². The van der Waals surface area contributed by atoms with Crippen molar-refractivity contribution in [1.29, 1.82) is 0 Å². The van der Waals surface area contributed by atoms with Crippen molar-refractivity contribution in [3.05, 3.63) is 84.4 Å². The molecule has 6 nitrogen and oxygen atoms in total. The fourth-order valence-electron chi connectivity index (χ4n) is 3.25. The minimum Gasteiger partial charge on any atom is -0.239 e. The third-order valence-electron chi connectivity index (χ3n) is 4.98. The van der Waals surface area contributed by atoms with Crippen molar-refractivity contribution in [2.45, 2.75) is 49.1 Å². The molecule has 154 valence electrons. The molecule has 0 aliphatic heterocycles. The molecular weight excluding hydrogens is 412 g/mol. The molecule has 2 aromatic carbocycles. The van der Waals surface area contributed by atoms with Crippen LogP contribution >= 0.6 is 21.6 Å². The van der Waals surface area contributed by atoms with Crippen LogP contribution in [-0.4, -0.2) is 29.5 Å². The van der Waals surface area contributed by atoms with E-state index in [4.69, 9.17) is 0 Å². The van der Waals surface area contributed by atoms with Gasteiger partial charge < -0.3 is 0 Å². The molecule has 0 saturated heterocycles. The number of hydrogen-bond acceptors (Lipinski definition) is 6. The minimum absolute atomic E-state index is 0.354. The van der Waals surface area contributed by atoms with E-state index in [1.807, 2.05) is 21.5 Å². The lowest BCUT2D eigenvalue weighted by Crippen LogP contribution is -2.09. The summed E-state index contributed by atoms with van der Waals surface area (Å²) in [5, 5.41) is 10.6. The molecular formula is C22H24N6S2. The Morgan fingerprint density at radius 2 is 1.07 bits per heavy atom. The molecule has 2 unspecified atom stereocenters. The van der Waals surface area contributed by atoms with E-state index in [-0.39, 0.29) is 0 Å². The van der Waals surface area contributed by atoms with Crippen LogP contribution in [-0.2, 0) is 13.1 Å². The van der Waals surface area contributed by atoms with E-state index < -0.39 is 0 Å². The molecule has 0 saturated carbocycles. The third kappa shape index (κ3) is 5.12. The summed E-state index contributed by atoms with van der Waals surface area (Å²) < 4.78 is 3.92. The van der Waals surface area contributed by atoms with Gasteiger partial charge in [-0.3, -0.25) is 0 Å². The summed E-state index contributed by atoms with van der Waals surface area (Å²) >= 11 is 0. The molecule has 0 spiro atoms. The van der Waals surface area contributed by atoms with Crippen molar-refractivity contribution in [2.24, 2.45) is 0 Å². The van der Waals surface area contributed by atoms with Crippen LogP contribution in [0.5, 0.6) is 0 Å². The Morgan fingerprint density at radius 3 is 1.47 bits per heavy atom. The molecule has 30 heavy (non-hydrogen) atoms. The number of rotatable bonds is 9. The van der Waals surface area contributed by atoms with Crippen LogP contribution in [0, 0.1) is 0 Å². The second-order valence-corrected chi connectivity index (χ2v) is 9.30. The fraction of sp³-hybridized carbons (Fsp3) is 0.273. The van der Waals surface area contributed by atoms with Crippen LogP contribution in [0.3, 0.4) is 0 Å². The van der Waals surface area contributed by atoms with Gasteiger partial charge in [-0.25, -0.2) is 19.3 Å². The Kier molecular flexibility index (Phi) is 6.86. The molecule has 0 bridgehead atoms. The summed E-state index contributed by atoms with van der Waals surface area (Å²) in [4.78, 5) is 8.87. The Balaban J connectivity index is 1.38. The van der Waals surface area contributed by atoms with E-state index in [0.29, 0.717) is 11.8 Å². The van der Waals surface area contributed by atoms with Crippen molar-refractivity contribution in [3.63, 3.8) is 0 Å². The molecule has 0 amide bonds. The summed E-state index contributed by atoms with van der Waals surface area (Å²) in [6, 6.07) is 21.0. The van der Waals surface area contributed by atoms with Gasteiger partial charge in [0.05, 0.1) is 13.1 Å². The average molecular weight is 437 g/mol. The first-order valence-electron chi connectivity index (χ1n) is 9.90. The highest BCUT2D eigenvalue weighted by atomic mass is 33.1. The van der Waals surface area contributed by atoms with Gasteiger partial charge in [-0.2, -0.15) is 10.2 Å². The topological polar surface area (TPSA) is 61.4 Å². The van der Waals surface area contributed by atoms with E-state index in [9.17, 15) is 0 Å². The predicted octanol–water partition coefficient (Wildman–Crippen LogP) is 5.28. The maximum Gasteiger partial charge on any atom is 0.197 e. The van der Waals surface area contributed by atoms with E-state index in [2.05, 4.69) is 82.5 Å². The van der Waals surface area contributed by atoms with Crippen molar-refractivity contribution < 1.29 is 0 Å². The SMILES string of the molecule is CC(Cn1ncnc1SSc1ncnn1CC(C)c1ccccc1)c1ccccc1. The summed E-state index contributed by atoms with van der Waals surface area (Å²) in [6.45, 7) is 5.98. The first-order chi connectivity index (χ1) is 14.7. The van der Waals surface area contributed by atoms with Crippen LogP contribution in [0.4, 0.5) is 0 Å². The van der Waals surface area contributed by atoms with Crippen LogP contribution in [0.25, 0.3) is 0 Å². The first kappa shape index (κ1) is 20.7. The molecule has 0 aliphatic carbocycles. The fourth-order valence-corrected chi connectivity index (χ4v) is 5.22. The Bertz CT molecular complexity index is 962. The van der Waals surface area contributed by atoms with Gasteiger partial charge in [0.1, 0.15) is 12.7 Å². The second kappa shape index (κ2) is 9.95. The summed E-state index contributed by atoms with van der Waals surface area (Å²) in [5.74, 6) is 0.709. The van der Waals surface area contributed by atoms with Gasteiger partial charge in [-0.05, 0) is 32.7 Å². The first-order valence-corrected chi connectivity index (χ1v) is 12.1. The van der Waals surface area contributed by atoms with Gasteiger partial charge in [-0.15, -0.1) is 0 Å². The zero-order valence-corrected chi connectivity index (χ0v) is 18.6. The standard InChI is InChI=1S/C22H24N6S2/c1-17(19-9-5-3-6-10-19)13-27-21(23-15-25-27)29-30-22-24-16-26-28(22)14-18(2)20-11-7-4-8-12-20/h3-12,15-18H,13-14H2,1-2H3. The predicted molar refractivity (Wildman–Crippen MR) is 121 cm³/mol. The molecule has 8 heteroatoms. The van der Waals surface area contributed by atoms with Crippen molar-refractivity contribution in [1.82, 2.24) is 29.5 Å². The molecule has 2 aromatic heterocycles. The number of aromatic nitrogens is 6. The van der Waals surface area contributed by atoms with E-state index in [1.165, 1.54) is 11.1 Å². The van der Waals surface area contributed by atoms with Crippen LogP contribution in [0.15, 0.2) is 83.6 Å². The minimum atomic E-state index is 0.354. The normalized spacial score (nSPS) is 13.3. The van der Waals surface area contributed by atoms with Crippen molar-refractivity contribution in [2.75, 3.05) is 0 Å². The van der Waals surface area contributed by atoms with E-state index in [1.54, 1.807) is 34.2 Å². The number of benzene rings is 2. The molecule has 2 atom stereocenters. The monoisotopic (exact) mass is 436 g/mol. The van der Waals surface area contributed by atoms with Crippen molar-refractivity contribution in [3.8, 4) is 0 Å². The van der Waals surface area contributed by atoms with Crippen LogP contribution < -0.4 is 0 Å².